The molecule has 6 nitrogen and oxygen atoms in total. The van der Waals surface area contributed by atoms with Gasteiger partial charge in [-0.15, -0.1) is 24.8 Å². The predicted octanol–water partition coefficient (Wildman–Crippen LogP) is 0.276. The quantitative estimate of drug-likeness (QED) is 0.541. The maximum Gasteiger partial charge on any atom is 0.320 e. The topological polar surface area (TPSA) is 107 Å². The smallest absolute Gasteiger partial charge is 0.320 e. The SMILES string of the molecule is Cl.Cl.NC(Cc1ccc(N(CCO)CCO)cc1)C(=O)O. The van der Waals surface area contributed by atoms with Gasteiger partial charge in [0.25, 0.3) is 0 Å². The van der Waals surface area contributed by atoms with Gasteiger partial charge >= 0.3 is 5.97 Å². The van der Waals surface area contributed by atoms with Crippen LogP contribution in [0.1, 0.15) is 5.56 Å². The molecule has 0 heterocycles. The van der Waals surface area contributed by atoms with Crippen LogP contribution in [0.25, 0.3) is 0 Å². The van der Waals surface area contributed by atoms with E-state index in [2.05, 4.69) is 0 Å². The lowest BCUT2D eigenvalue weighted by atomic mass is 10.1. The second-order valence-corrected chi connectivity index (χ2v) is 4.25. The lowest BCUT2D eigenvalue weighted by molar-refractivity contribution is -0.138. The van der Waals surface area contributed by atoms with E-state index in [0.29, 0.717) is 13.1 Å². The molecule has 0 amide bonds. The number of nitrogens with two attached hydrogens (primary N) is 1. The third-order valence-electron chi connectivity index (χ3n) is 2.81. The van der Waals surface area contributed by atoms with Crippen molar-refractivity contribution in [3.05, 3.63) is 29.8 Å². The second kappa shape index (κ2) is 11.6. The third kappa shape index (κ3) is 7.50. The standard InChI is InChI=1S/C13H20N2O4.2ClH/c14-12(13(18)19)9-10-1-3-11(4-2-10)15(5-7-16)6-8-17;;/h1-4,12,16-17H,5-9,14H2,(H,18,19);2*1H. The van der Waals surface area contributed by atoms with E-state index in [-0.39, 0.29) is 44.4 Å². The van der Waals surface area contributed by atoms with Crippen molar-refractivity contribution in [2.24, 2.45) is 5.73 Å². The van der Waals surface area contributed by atoms with Gasteiger partial charge in [0.2, 0.25) is 0 Å². The second-order valence-electron chi connectivity index (χ2n) is 4.25. The van der Waals surface area contributed by atoms with Crippen molar-refractivity contribution in [1.29, 1.82) is 0 Å². The molecule has 21 heavy (non-hydrogen) atoms. The molecule has 0 aliphatic heterocycles. The number of nitrogens with zero attached hydrogens (tertiary/aromatic N) is 1. The minimum absolute atomic E-state index is 0. The Hall–Kier alpha value is -1.05. The Bertz CT molecular complexity index is 398. The minimum Gasteiger partial charge on any atom is -0.480 e. The summed E-state index contributed by atoms with van der Waals surface area (Å²) in [4.78, 5) is 12.5. The number of carbonyl (C=O) groups is 1. The van der Waals surface area contributed by atoms with Crippen LogP contribution in [0.5, 0.6) is 0 Å². The monoisotopic (exact) mass is 340 g/mol. The van der Waals surface area contributed by atoms with Crippen LogP contribution < -0.4 is 10.6 Å². The highest BCUT2D eigenvalue weighted by Crippen LogP contribution is 2.15. The predicted molar refractivity (Wildman–Crippen MR) is 86.6 cm³/mol. The van der Waals surface area contributed by atoms with Crippen molar-refractivity contribution in [3.63, 3.8) is 0 Å². The normalized spacial score (nSPS) is 11.0. The molecule has 0 radical (unpaired) electrons. The molecule has 1 aromatic carbocycles. The van der Waals surface area contributed by atoms with Crippen molar-refractivity contribution in [2.45, 2.75) is 12.5 Å². The first kappa shape index (κ1) is 22.2. The number of aliphatic hydroxyl groups is 2. The number of hydrogen-bond acceptors (Lipinski definition) is 5. The largest absolute Gasteiger partial charge is 0.480 e. The molecule has 0 spiro atoms. The van der Waals surface area contributed by atoms with E-state index in [1.807, 2.05) is 17.0 Å². The highest BCUT2D eigenvalue weighted by atomic mass is 35.5. The van der Waals surface area contributed by atoms with Gasteiger partial charge in [-0.05, 0) is 24.1 Å². The van der Waals surface area contributed by atoms with Gasteiger partial charge in [0.05, 0.1) is 13.2 Å². The van der Waals surface area contributed by atoms with E-state index in [9.17, 15) is 4.79 Å². The van der Waals surface area contributed by atoms with E-state index in [0.717, 1.165) is 11.3 Å². The molecule has 0 saturated heterocycles. The van der Waals surface area contributed by atoms with Crippen LogP contribution in [0.2, 0.25) is 0 Å². The summed E-state index contributed by atoms with van der Waals surface area (Å²) in [6.07, 6.45) is 0.273. The Balaban J connectivity index is 0. The lowest BCUT2D eigenvalue weighted by Crippen LogP contribution is -2.32. The van der Waals surface area contributed by atoms with E-state index < -0.39 is 12.0 Å². The molecule has 0 aromatic heterocycles. The lowest BCUT2D eigenvalue weighted by Gasteiger charge is -2.23. The molecule has 1 unspecified atom stereocenters. The molecular formula is C13H22Cl2N2O4. The summed E-state index contributed by atoms with van der Waals surface area (Å²) < 4.78 is 0. The molecular weight excluding hydrogens is 319 g/mol. The minimum atomic E-state index is -1.02. The zero-order valence-corrected chi connectivity index (χ0v) is 13.1. The van der Waals surface area contributed by atoms with E-state index in [4.69, 9.17) is 21.1 Å². The maximum absolute atomic E-state index is 10.7. The first-order chi connectivity index (χ1) is 9.08. The summed E-state index contributed by atoms with van der Waals surface area (Å²) in [7, 11) is 0. The van der Waals surface area contributed by atoms with Crippen LogP contribution in [-0.4, -0.2) is 53.6 Å². The Labute approximate surface area is 136 Å². The van der Waals surface area contributed by atoms with Gasteiger partial charge in [-0.3, -0.25) is 4.79 Å². The van der Waals surface area contributed by atoms with Crippen LogP contribution in [-0.2, 0) is 11.2 Å². The van der Waals surface area contributed by atoms with Gasteiger partial charge < -0.3 is 26.0 Å². The zero-order chi connectivity index (χ0) is 14.3. The number of rotatable bonds is 8. The van der Waals surface area contributed by atoms with Crippen molar-refractivity contribution in [3.8, 4) is 0 Å². The van der Waals surface area contributed by atoms with Crippen LogP contribution in [0.3, 0.4) is 0 Å². The first-order valence-electron chi connectivity index (χ1n) is 6.12. The van der Waals surface area contributed by atoms with Gasteiger partial charge in [0, 0.05) is 18.8 Å². The molecule has 122 valence electrons. The van der Waals surface area contributed by atoms with Gasteiger partial charge in [-0.25, -0.2) is 0 Å². The number of benzene rings is 1. The van der Waals surface area contributed by atoms with Crippen LogP contribution in [0.15, 0.2) is 24.3 Å². The summed E-state index contributed by atoms with van der Waals surface area (Å²) >= 11 is 0. The van der Waals surface area contributed by atoms with E-state index in [1.54, 1.807) is 12.1 Å². The Kier molecular flexibility index (Phi) is 12.3. The van der Waals surface area contributed by atoms with Crippen LogP contribution in [0.4, 0.5) is 5.69 Å². The summed E-state index contributed by atoms with van der Waals surface area (Å²) in [6.45, 7) is 0.889. The van der Waals surface area contributed by atoms with Gasteiger partial charge in [0.1, 0.15) is 6.04 Å². The Morgan fingerprint density at radius 2 is 1.57 bits per heavy atom. The molecule has 1 aromatic rings. The van der Waals surface area contributed by atoms with Crippen molar-refractivity contribution < 1.29 is 20.1 Å². The van der Waals surface area contributed by atoms with Gasteiger partial charge in [0.15, 0.2) is 0 Å². The number of aliphatic carboxylic acids is 1. The number of carboxylic acids is 1. The van der Waals surface area contributed by atoms with Crippen molar-refractivity contribution in [2.75, 3.05) is 31.2 Å². The average Bonchev–Trinajstić information content (AvgIpc) is 2.39. The molecule has 0 aliphatic carbocycles. The highest BCUT2D eigenvalue weighted by Gasteiger charge is 2.12. The highest BCUT2D eigenvalue weighted by molar-refractivity contribution is 5.85. The van der Waals surface area contributed by atoms with Crippen molar-refractivity contribution >= 4 is 36.5 Å². The number of carboxylic acid groups (broad SMARTS) is 1. The number of aliphatic hydroxyl groups excluding tert-OH is 2. The summed E-state index contributed by atoms with van der Waals surface area (Å²) in [5, 5.41) is 26.6. The van der Waals surface area contributed by atoms with Crippen molar-refractivity contribution in [1.82, 2.24) is 0 Å². The number of halogens is 2. The molecule has 0 bridgehead atoms. The number of anilines is 1. The molecule has 0 aliphatic rings. The Morgan fingerprint density at radius 3 is 1.95 bits per heavy atom. The maximum atomic E-state index is 10.7. The van der Waals surface area contributed by atoms with Gasteiger partial charge in [-0.1, -0.05) is 12.1 Å². The molecule has 0 fully saturated rings. The third-order valence-corrected chi connectivity index (χ3v) is 2.81. The average molecular weight is 341 g/mol. The molecule has 1 atom stereocenters. The van der Waals surface area contributed by atoms with Crippen LogP contribution >= 0.6 is 24.8 Å². The summed E-state index contributed by atoms with van der Waals surface area (Å²) in [5.74, 6) is -1.02. The number of hydrogen-bond donors (Lipinski definition) is 4. The molecule has 8 heteroatoms. The Morgan fingerprint density at radius 1 is 1.10 bits per heavy atom. The summed E-state index contributed by atoms with van der Waals surface area (Å²) in [5.41, 5.74) is 7.18. The molecule has 1 rings (SSSR count). The molecule has 0 saturated carbocycles. The fourth-order valence-electron chi connectivity index (χ4n) is 1.80. The molecule has 5 N–H and O–H groups in total. The zero-order valence-electron chi connectivity index (χ0n) is 11.5. The summed E-state index contributed by atoms with van der Waals surface area (Å²) in [6, 6.07) is 6.36. The van der Waals surface area contributed by atoms with E-state index in [1.165, 1.54) is 0 Å². The van der Waals surface area contributed by atoms with E-state index >= 15 is 0 Å². The van der Waals surface area contributed by atoms with Crippen LogP contribution in [0, 0.1) is 0 Å². The first-order valence-corrected chi connectivity index (χ1v) is 6.12. The van der Waals surface area contributed by atoms with Gasteiger partial charge in [-0.2, -0.15) is 0 Å². The fourth-order valence-corrected chi connectivity index (χ4v) is 1.80. The fraction of sp³-hybridized carbons (Fsp3) is 0.462.